The highest BCUT2D eigenvalue weighted by Crippen LogP contribution is 2.36. The first-order valence-electron chi connectivity index (χ1n) is 11.5. The summed E-state index contributed by atoms with van der Waals surface area (Å²) in [5.74, 6) is -0.890. The van der Waals surface area contributed by atoms with Crippen molar-refractivity contribution in [3.8, 4) is 0 Å². The number of urea groups is 1. The van der Waals surface area contributed by atoms with E-state index in [1.54, 1.807) is 24.3 Å². The summed E-state index contributed by atoms with van der Waals surface area (Å²) in [7, 11) is 0. The molecule has 0 radical (unpaired) electrons. The Morgan fingerprint density at radius 1 is 0.829 bits per heavy atom. The van der Waals surface area contributed by atoms with Gasteiger partial charge in [-0.3, -0.25) is 14.5 Å². The summed E-state index contributed by atoms with van der Waals surface area (Å²) < 4.78 is 0. The van der Waals surface area contributed by atoms with Gasteiger partial charge >= 0.3 is 6.03 Å². The molecule has 4 aromatic carbocycles. The van der Waals surface area contributed by atoms with Gasteiger partial charge in [-0.1, -0.05) is 103 Å². The van der Waals surface area contributed by atoms with Crippen molar-refractivity contribution >= 4 is 28.6 Å². The Kier molecular flexibility index (Phi) is 5.79. The van der Waals surface area contributed by atoms with E-state index in [0.29, 0.717) is 11.1 Å². The first-order valence-corrected chi connectivity index (χ1v) is 11.5. The maximum Gasteiger partial charge on any atom is 0.326 e. The fraction of sp³-hybridized carbons (Fsp3) is 0.138. The van der Waals surface area contributed by atoms with Crippen LogP contribution in [0.5, 0.6) is 0 Å². The maximum atomic E-state index is 13.8. The smallest absolute Gasteiger partial charge is 0.326 e. The summed E-state index contributed by atoms with van der Waals surface area (Å²) in [5, 5.41) is 7.95. The lowest BCUT2D eigenvalue weighted by molar-refractivity contribution is -0.134. The molecule has 4 aromatic rings. The van der Waals surface area contributed by atoms with E-state index in [1.165, 1.54) is 0 Å². The third kappa shape index (κ3) is 3.93. The molecule has 0 bridgehead atoms. The van der Waals surface area contributed by atoms with Crippen molar-refractivity contribution in [3.63, 3.8) is 0 Å². The number of benzene rings is 4. The van der Waals surface area contributed by atoms with Gasteiger partial charge in [0.25, 0.3) is 5.91 Å². The maximum absolute atomic E-state index is 13.8. The summed E-state index contributed by atoms with van der Waals surface area (Å²) in [6, 6.07) is 31.2. The number of carbonyl (C=O) groups excluding carboxylic acids is 3. The zero-order valence-corrected chi connectivity index (χ0v) is 19.3. The van der Waals surface area contributed by atoms with Crippen molar-refractivity contribution in [2.45, 2.75) is 18.5 Å². The monoisotopic (exact) mass is 463 g/mol. The molecule has 0 aliphatic carbocycles. The minimum Gasteiger partial charge on any atom is -0.348 e. The molecule has 2 N–H and O–H groups in total. The predicted octanol–water partition coefficient (Wildman–Crippen LogP) is 4.51. The van der Waals surface area contributed by atoms with Crippen LogP contribution in [0.4, 0.5) is 4.79 Å². The molecule has 1 saturated heterocycles. The van der Waals surface area contributed by atoms with Crippen LogP contribution in [0.1, 0.15) is 29.7 Å². The second-order valence-corrected chi connectivity index (χ2v) is 8.66. The number of carbonyl (C=O) groups is 3. The zero-order chi connectivity index (χ0) is 24.4. The van der Waals surface area contributed by atoms with Crippen LogP contribution in [0.25, 0.3) is 10.8 Å². The summed E-state index contributed by atoms with van der Waals surface area (Å²) in [5.41, 5.74) is 0.853. The number of fused-ring (bicyclic) bond motifs is 1. The highest BCUT2D eigenvalue weighted by atomic mass is 16.2. The van der Waals surface area contributed by atoms with E-state index in [2.05, 4.69) is 10.6 Å². The molecular formula is C29H25N3O3. The lowest BCUT2D eigenvalue weighted by atomic mass is 9.82. The Morgan fingerprint density at radius 3 is 2.06 bits per heavy atom. The first-order chi connectivity index (χ1) is 17.0. The van der Waals surface area contributed by atoms with E-state index in [0.717, 1.165) is 21.2 Å². The van der Waals surface area contributed by atoms with Crippen LogP contribution in [0, 0.1) is 0 Å². The van der Waals surface area contributed by atoms with Gasteiger partial charge in [0.2, 0.25) is 5.91 Å². The molecule has 174 valence electrons. The van der Waals surface area contributed by atoms with Gasteiger partial charge < -0.3 is 10.6 Å². The van der Waals surface area contributed by atoms with Gasteiger partial charge in [0.05, 0.1) is 6.04 Å². The Hall–Kier alpha value is -4.45. The third-order valence-electron chi connectivity index (χ3n) is 6.49. The number of nitrogens with one attached hydrogen (secondary N) is 2. The summed E-state index contributed by atoms with van der Waals surface area (Å²) in [6.07, 6.45) is 0. The molecule has 6 nitrogen and oxygen atoms in total. The molecule has 0 aromatic heterocycles. The molecule has 1 unspecified atom stereocenters. The van der Waals surface area contributed by atoms with Crippen LogP contribution in [-0.2, 0) is 15.1 Å². The van der Waals surface area contributed by atoms with Gasteiger partial charge in [0.1, 0.15) is 6.54 Å². The van der Waals surface area contributed by atoms with Crippen LogP contribution in [-0.4, -0.2) is 29.3 Å². The van der Waals surface area contributed by atoms with Gasteiger partial charge in [-0.05, 0) is 34.4 Å². The van der Waals surface area contributed by atoms with Crippen LogP contribution in [0.15, 0.2) is 103 Å². The quantitative estimate of drug-likeness (QED) is 0.413. The summed E-state index contributed by atoms with van der Waals surface area (Å²) in [4.78, 5) is 40.8. The lowest BCUT2D eigenvalue weighted by Gasteiger charge is -2.28. The van der Waals surface area contributed by atoms with E-state index in [1.807, 2.05) is 85.8 Å². The second-order valence-electron chi connectivity index (χ2n) is 8.66. The molecule has 4 amide bonds. The van der Waals surface area contributed by atoms with Gasteiger partial charge in [0.15, 0.2) is 5.54 Å². The highest BCUT2D eigenvalue weighted by molar-refractivity contribution is 6.11. The topological polar surface area (TPSA) is 78.5 Å². The van der Waals surface area contributed by atoms with E-state index < -0.39 is 23.4 Å². The lowest BCUT2D eigenvalue weighted by Crippen LogP contribution is -2.46. The normalized spacial score (nSPS) is 15.6. The van der Waals surface area contributed by atoms with Gasteiger partial charge in [0, 0.05) is 0 Å². The zero-order valence-electron chi connectivity index (χ0n) is 19.3. The van der Waals surface area contributed by atoms with E-state index in [9.17, 15) is 14.4 Å². The largest absolute Gasteiger partial charge is 0.348 e. The Bertz CT molecular complexity index is 1360. The molecule has 6 heteroatoms. The molecule has 1 fully saturated rings. The minimum atomic E-state index is -1.39. The summed E-state index contributed by atoms with van der Waals surface area (Å²) >= 11 is 0. The second kappa shape index (κ2) is 9.06. The van der Waals surface area contributed by atoms with Crippen molar-refractivity contribution in [3.05, 3.63) is 120 Å². The van der Waals surface area contributed by atoms with E-state index in [4.69, 9.17) is 0 Å². The number of imide groups is 1. The van der Waals surface area contributed by atoms with E-state index in [-0.39, 0.29) is 12.6 Å². The Morgan fingerprint density at radius 2 is 1.40 bits per heavy atom. The average Bonchev–Trinajstić information content (AvgIpc) is 3.15. The fourth-order valence-corrected chi connectivity index (χ4v) is 4.79. The minimum absolute atomic E-state index is 0.303. The molecule has 0 spiro atoms. The SMILES string of the molecule is CC(NC(=O)CN1C(=O)NC(c2ccccc2)(c2ccccc2)C1=O)c1cccc2ccccc12. The molecule has 1 atom stereocenters. The van der Waals surface area contributed by atoms with E-state index >= 15 is 0 Å². The number of amides is 4. The van der Waals surface area contributed by atoms with Gasteiger partial charge in [-0.2, -0.15) is 0 Å². The predicted molar refractivity (Wildman–Crippen MR) is 134 cm³/mol. The van der Waals surface area contributed by atoms with Crippen LogP contribution < -0.4 is 10.6 Å². The fourth-order valence-electron chi connectivity index (χ4n) is 4.79. The Balaban J connectivity index is 1.40. The number of hydrogen-bond acceptors (Lipinski definition) is 3. The average molecular weight is 464 g/mol. The molecule has 35 heavy (non-hydrogen) atoms. The number of hydrogen-bond donors (Lipinski definition) is 2. The van der Waals surface area contributed by atoms with Crippen molar-refractivity contribution in [1.82, 2.24) is 15.5 Å². The summed E-state index contributed by atoms with van der Waals surface area (Å²) in [6.45, 7) is 1.52. The molecule has 1 aliphatic rings. The molecule has 5 rings (SSSR count). The van der Waals surface area contributed by atoms with Crippen LogP contribution in [0.2, 0.25) is 0 Å². The van der Waals surface area contributed by atoms with Crippen molar-refractivity contribution in [2.75, 3.05) is 6.54 Å². The van der Waals surface area contributed by atoms with Crippen molar-refractivity contribution in [2.24, 2.45) is 0 Å². The van der Waals surface area contributed by atoms with Gasteiger partial charge in [-0.15, -0.1) is 0 Å². The number of rotatable bonds is 6. The number of nitrogens with zero attached hydrogens (tertiary/aromatic N) is 1. The first kappa shape index (κ1) is 22.3. The molecule has 1 aliphatic heterocycles. The Labute approximate surface area is 203 Å². The van der Waals surface area contributed by atoms with Crippen molar-refractivity contribution < 1.29 is 14.4 Å². The standard InChI is InChI=1S/C29H25N3O3/c1-20(24-18-10-12-21-11-8-9-17-25(21)24)30-26(33)19-32-27(34)29(31-28(32)35,22-13-4-2-5-14-22)23-15-6-3-7-16-23/h2-18,20H,19H2,1H3,(H,30,33)(H,31,35). The van der Waals surface area contributed by atoms with Crippen LogP contribution in [0.3, 0.4) is 0 Å². The van der Waals surface area contributed by atoms with Crippen LogP contribution >= 0.6 is 0 Å². The van der Waals surface area contributed by atoms with Gasteiger partial charge in [-0.25, -0.2) is 4.79 Å². The third-order valence-corrected chi connectivity index (χ3v) is 6.49. The highest BCUT2D eigenvalue weighted by Gasteiger charge is 2.54. The molecular weight excluding hydrogens is 438 g/mol. The molecule has 1 heterocycles. The molecule has 0 saturated carbocycles. The van der Waals surface area contributed by atoms with Crippen molar-refractivity contribution in [1.29, 1.82) is 0 Å².